The van der Waals surface area contributed by atoms with E-state index < -0.39 is 11.6 Å². The Balaban J connectivity index is 2.07. The first-order valence-corrected chi connectivity index (χ1v) is 7.79. The number of hydrogen-bond donors (Lipinski definition) is 1. The molecule has 20 heavy (non-hydrogen) atoms. The highest BCUT2D eigenvalue weighted by atomic mass is 32.1. The SMILES string of the molecule is CCCNC(CCc1cccs1)c1ccc(F)c(F)c1. The van der Waals surface area contributed by atoms with Crippen LogP contribution in [0.4, 0.5) is 8.78 Å². The van der Waals surface area contributed by atoms with E-state index in [1.165, 1.54) is 17.0 Å². The lowest BCUT2D eigenvalue weighted by Crippen LogP contribution is -2.22. The second-order valence-electron chi connectivity index (χ2n) is 4.80. The third kappa shape index (κ3) is 4.12. The number of nitrogens with one attached hydrogen (secondary N) is 1. The van der Waals surface area contributed by atoms with E-state index in [0.29, 0.717) is 0 Å². The Hall–Kier alpha value is -1.26. The average Bonchev–Trinajstić information content (AvgIpc) is 2.95. The lowest BCUT2D eigenvalue weighted by atomic mass is 10.0. The van der Waals surface area contributed by atoms with E-state index in [1.807, 2.05) is 6.07 Å². The van der Waals surface area contributed by atoms with Crippen molar-refractivity contribution < 1.29 is 8.78 Å². The zero-order valence-electron chi connectivity index (χ0n) is 11.5. The monoisotopic (exact) mass is 295 g/mol. The van der Waals surface area contributed by atoms with Gasteiger partial charge >= 0.3 is 0 Å². The van der Waals surface area contributed by atoms with Crippen LogP contribution in [0.15, 0.2) is 35.7 Å². The van der Waals surface area contributed by atoms with Gasteiger partial charge in [0, 0.05) is 10.9 Å². The summed E-state index contributed by atoms with van der Waals surface area (Å²) in [4.78, 5) is 1.32. The molecule has 1 N–H and O–H groups in total. The molecule has 1 atom stereocenters. The molecule has 1 nitrogen and oxygen atoms in total. The number of thiophene rings is 1. The molecule has 1 unspecified atom stereocenters. The molecule has 108 valence electrons. The van der Waals surface area contributed by atoms with Gasteiger partial charge in [-0.05, 0) is 54.9 Å². The van der Waals surface area contributed by atoms with Crippen LogP contribution in [-0.4, -0.2) is 6.54 Å². The second kappa shape index (κ2) is 7.50. The summed E-state index contributed by atoms with van der Waals surface area (Å²) in [6, 6.07) is 8.37. The Bertz CT molecular complexity index is 525. The maximum Gasteiger partial charge on any atom is 0.159 e. The summed E-state index contributed by atoms with van der Waals surface area (Å²) >= 11 is 1.73. The molecule has 0 radical (unpaired) electrons. The van der Waals surface area contributed by atoms with Crippen LogP contribution in [-0.2, 0) is 6.42 Å². The van der Waals surface area contributed by atoms with Gasteiger partial charge in [0.05, 0.1) is 0 Å². The van der Waals surface area contributed by atoms with Crippen LogP contribution >= 0.6 is 11.3 Å². The fraction of sp³-hybridized carbons (Fsp3) is 0.375. The van der Waals surface area contributed by atoms with Gasteiger partial charge < -0.3 is 5.32 Å². The van der Waals surface area contributed by atoms with E-state index in [-0.39, 0.29) is 6.04 Å². The van der Waals surface area contributed by atoms with Crippen LogP contribution in [0.5, 0.6) is 0 Å². The lowest BCUT2D eigenvalue weighted by molar-refractivity contribution is 0.481. The van der Waals surface area contributed by atoms with Crippen LogP contribution < -0.4 is 5.32 Å². The largest absolute Gasteiger partial charge is 0.310 e. The molecule has 0 aliphatic heterocycles. The normalized spacial score (nSPS) is 12.6. The minimum absolute atomic E-state index is 0.0622. The first kappa shape index (κ1) is 15.1. The maximum atomic E-state index is 13.4. The van der Waals surface area contributed by atoms with Crippen molar-refractivity contribution in [3.8, 4) is 0 Å². The van der Waals surface area contributed by atoms with Crippen LogP contribution in [0.3, 0.4) is 0 Å². The minimum atomic E-state index is -0.791. The molecular formula is C16H19F2NS. The number of hydrogen-bond acceptors (Lipinski definition) is 2. The molecular weight excluding hydrogens is 276 g/mol. The van der Waals surface area contributed by atoms with E-state index in [1.54, 1.807) is 17.4 Å². The molecule has 2 aromatic rings. The van der Waals surface area contributed by atoms with Crippen molar-refractivity contribution in [1.29, 1.82) is 0 Å². The highest BCUT2D eigenvalue weighted by Crippen LogP contribution is 2.22. The molecule has 1 heterocycles. The van der Waals surface area contributed by atoms with Crippen molar-refractivity contribution in [3.05, 3.63) is 57.8 Å². The van der Waals surface area contributed by atoms with Crippen LogP contribution in [0, 0.1) is 11.6 Å². The van der Waals surface area contributed by atoms with Gasteiger partial charge in [0.1, 0.15) is 0 Å². The molecule has 0 amide bonds. The van der Waals surface area contributed by atoms with E-state index in [0.717, 1.165) is 31.4 Å². The predicted octanol–water partition coefficient (Wildman–Crippen LogP) is 4.70. The fourth-order valence-electron chi connectivity index (χ4n) is 2.18. The van der Waals surface area contributed by atoms with E-state index in [2.05, 4.69) is 23.7 Å². The number of rotatable bonds is 7. The minimum Gasteiger partial charge on any atom is -0.310 e. The van der Waals surface area contributed by atoms with Crippen molar-refractivity contribution in [2.75, 3.05) is 6.54 Å². The van der Waals surface area contributed by atoms with Gasteiger partial charge in [-0.2, -0.15) is 0 Å². The van der Waals surface area contributed by atoms with Gasteiger partial charge in [0.2, 0.25) is 0 Å². The Kier molecular flexibility index (Phi) is 5.68. The van der Waals surface area contributed by atoms with E-state index >= 15 is 0 Å². The van der Waals surface area contributed by atoms with E-state index in [4.69, 9.17) is 0 Å². The molecule has 0 fully saturated rings. The third-order valence-corrected chi connectivity index (χ3v) is 4.18. The second-order valence-corrected chi connectivity index (χ2v) is 5.83. The van der Waals surface area contributed by atoms with Crippen LogP contribution in [0.1, 0.15) is 36.2 Å². The standard InChI is InChI=1S/C16H19F2NS/c1-2-9-19-16(8-6-13-4-3-10-20-13)12-5-7-14(17)15(18)11-12/h3-5,7,10-11,16,19H,2,6,8-9H2,1H3. The van der Waals surface area contributed by atoms with Crippen LogP contribution in [0.25, 0.3) is 0 Å². The van der Waals surface area contributed by atoms with Gasteiger partial charge in [-0.25, -0.2) is 8.78 Å². The topological polar surface area (TPSA) is 12.0 Å². The van der Waals surface area contributed by atoms with Crippen molar-refractivity contribution in [3.63, 3.8) is 0 Å². The molecule has 0 spiro atoms. The first-order valence-electron chi connectivity index (χ1n) is 6.91. The maximum absolute atomic E-state index is 13.4. The number of halogens is 2. The Morgan fingerprint density at radius 2 is 2.05 bits per heavy atom. The Labute approximate surface area is 122 Å². The third-order valence-electron chi connectivity index (χ3n) is 3.25. The summed E-state index contributed by atoms with van der Waals surface area (Å²) in [7, 11) is 0. The van der Waals surface area contributed by atoms with Crippen molar-refractivity contribution in [2.45, 2.75) is 32.2 Å². The molecule has 1 aromatic carbocycles. The van der Waals surface area contributed by atoms with Crippen LogP contribution in [0.2, 0.25) is 0 Å². The first-order chi connectivity index (χ1) is 9.70. The van der Waals surface area contributed by atoms with Gasteiger partial charge in [-0.15, -0.1) is 11.3 Å². The zero-order chi connectivity index (χ0) is 14.4. The van der Waals surface area contributed by atoms with Crippen molar-refractivity contribution in [1.82, 2.24) is 5.32 Å². The van der Waals surface area contributed by atoms with Gasteiger partial charge in [-0.3, -0.25) is 0 Å². The summed E-state index contributed by atoms with van der Waals surface area (Å²) < 4.78 is 26.4. The lowest BCUT2D eigenvalue weighted by Gasteiger charge is -2.19. The Morgan fingerprint density at radius 3 is 2.70 bits per heavy atom. The molecule has 0 bridgehead atoms. The summed E-state index contributed by atoms with van der Waals surface area (Å²) in [6.45, 7) is 2.96. The average molecular weight is 295 g/mol. The number of benzene rings is 1. The quantitative estimate of drug-likeness (QED) is 0.780. The summed E-state index contributed by atoms with van der Waals surface area (Å²) in [5.41, 5.74) is 0.814. The van der Waals surface area contributed by atoms with E-state index in [9.17, 15) is 8.78 Å². The Morgan fingerprint density at radius 1 is 1.20 bits per heavy atom. The van der Waals surface area contributed by atoms with Gasteiger partial charge in [0.25, 0.3) is 0 Å². The van der Waals surface area contributed by atoms with Gasteiger partial charge in [0.15, 0.2) is 11.6 Å². The fourth-order valence-corrected chi connectivity index (χ4v) is 2.90. The molecule has 0 saturated carbocycles. The molecule has 0 aliphatic carbocycles. The molecule has 2 rings (SSSR count). The summed E-state index contributed by atoms with van der Waals surface area (Å²) in [5, 5.41) is 5.47. The molecule has 4 heteroatoms. The highest BCUT2D eigenvalue weighted by Gasteiger charge is 2.13. The molecule has 1 aromatic heterocycles. The van der Waals surface area contributed by atoms with Gasteiger partial charge in [-0.1, -0.05) is 19.1 Å². The summed E-state index contributed by atoms with van der Waals surface area (Å²) in [5.74, 6) is -1.57. The summed E-state index contributed by atoms with van der Waals surface area (Å²) in [6.07, 6.45) is 2.84. The molecule has 0 aliphatic rings. The predicted molar refractivity (Wildman–Crippen MR) is 80.0 cm³/mol. The highest BCUT2D eigenvalue weighted by molar-refractivity contribution is 7.09. The smallest absolute Gasteiger partial charge is 0.159 e. The van der Waals surface area contributed by atoms with Crippen molar-refractivity contribution in [2.24, 2.45) is 0 Å². The zero-order valence-corrected chi connectivity index (χ0v) is 12.4. The van der Waals surface area contributed by atoms with Crippen molar-refractivity contribution >= 4 is 11.3 Å². The molecule has 0 saturated heterocycles. The number of aryl methyl sites for hydroxylation is 1.